The fraction of sp³-hybridized carbons (Fsp3) is 0.667. The molecule has 0 aromatic carbocycles. The van der Waals surface area contributed by atoms with E-state index in [0.29, 0.717) is 0 Å². The van der Waals surface area contributed by atoms with Crippen molar-refractivity contribution in [1.29, 1.82) is 5.26 Å². The van der Waals surface area contributed by atoms with Gasteiger partial charge in [-0.25, -0.2) is 0 Å². The third-order valence-corrected chi connectivity index (χ3v) is 1.77. The molecule has 0 amide bonds. The number of nitrogens with one attached hydrogen (secondary N) is 1. The SMILES string of the molecule is CC(C)ONC1=C(C#N)CCC1. The minimum absolute atomic E-state index is 0.151. The molecule has 1 rings (SSSR count). The molecule has 0 atom stereocenters. The molecule has 1 aliphatic carbocycles. The standard InChI is InChI=1S/C9H14N2O/c1-7(2)12-11-9-5-3-4-8(9)6-10/h7,11H,3-5H2,1-2H3. The highest BCUT2D eigenvalue weighted by molar-refractivity contribution is 5.29. The Balaban J connectivity index is 2.46. The van der Waals surface area contributed by atoms with Crippen LogP contribution in [-0.2, 0) is 4.84 Å². The summed E-state index contributed by atoms with van der Waals surface area (Å²) in [6.45, 7) is 3.91. The average molecular weight is 166 g/mol. The lowest BCUT2D eigenvalue weighted by molar-refractivity contribution is 0.0124. The molecule has 1 aliphatic rings. The highest BCUT2D eigenvalue weighted by Gasteiger charge is 2.14. The Labute approximate surface area is 73.0 Å². The van der Waals surface area contributed by atoms with E-state index in [1.54, 1.807) is 0 Å². The number of nitrogens with zero attached hydrogens (tertiary/aromatic N) is 1. The van der Waals surface area contributed by atoms with Gasteiger partial charge in [-0.1, -0.05) is 0 Å². The molecule has 0 unspecified atom stereocenters. The van der Waals surface area contributed by atoms with E-state index < -0.39 is 0 Å². The zero-order chi connectivity index (χ0) is 8.97. The number of rotatable bonds is 3. The zero-order valence-electron chi connectivity index (χ0n) is 7.55. The van der Waals surface area contributed by atoms with E-state index in [1.165, 1.54) is 0 Å². The van der Waals surface area contributed by atoms with E-state index in [9.17, 15) is 0 Å². The van der Waals surface area contributed by atoms with Crippen LogP contribution in [0.4, 0.5) is 0 Å². The van der Waals surface area contributed by atoms with Gasteiger partial charge < -0.3 is 0 Å². The van der Waals surface area contributed by atoms with E-state index in [4.69, 9.17) is 10.1 Å². The second-order valence-corrected chi connectivity index (χ2v) is 3.19. The van der Waals surface area contributed by atoms with Crippen molar-refractivity contribution in [3.05, 3.63) is 11.3 Å². The van der Waals surface area contributed by atoms with Gasteiger partial charge in [0.25, 0.3) is 0 Å². The fourth-order valence-electron chi connectivity index (χ4n) is 1.17. The van der Waals surface area contributed by atoms with Gasteiger partial charge in [-0.2, -0.15) is 5.26 Å². The maximum atomic E-state index is 8.70. The maximum Gasteiger partial charge on any atom is 0.0966 e. The number of hydrogen-bond donors (Lipinski definition) is 1. The molecule has 0 saturated carbocycles. The Morgan fingerprint density at radius 2 is 2.25 bits per heavy atom. The van der Waals surface area contributed by atoms with Crippen molar-refractivity contribution >= 4 is 0 Å². The van der Waals surface area contributed by atoms with Gasteiger partial charge in [0.2, 0.25) is 0 Å². The zero-order valence-corrected chi connectivity index (χ0v) is 7.55. The van der Waals surface area contributed by atoms with Gasteiger partial charge in [-0.05, 0) is 33.1 Å². The van der Waals surface area contributed by atoms with Crippen molar-refractivity contribution < 1.29 is 4.84 Å². The summed E-state index contributed by atoms with van der Waals surface area (Å²) in [5.74, 6) is 0. The Kier molecular flexibility index (Phi) is 3.12. The minimum atomic E-state index is 0.151. The first-order chi connectivity index (χ1) is 5.74. The van der Waals surface area contributed by atoms with Crippen molar-refractivity contribution in [3.63, 3.8) is 0 Å². The van der Waals surface area contributed by atoms with Crippen LogP contribution in [0, 0.1) is 11.3 Å². The van der Waals surface area contributed by atoms with E-state index in [1.807, 2.05) is 13.8 Å². The summed E-state index contributed by atoms with van der Waals surface area (Å²) in [6.07, 6.45) is 3.04. The van der Waals surface area contributed by atoms with E-state index in [-0.39, 0.29) is 6.10 Å². The number of hydroxylamine groups is 1. The van der Waals surface area contributed by atoms with Crippen molar-refractivity contribution in [2.45, 2.75) is 39.2 Å². The van der Waals surface area contributed by atoms with Gasteiger partial charge in [0, 0.05) is 0 Å². The molecule has 0 bridgehead atoms. The van der Waals surface area contributed by atoms with Crippen LogP contribution in [0.5, 0.6) is 0 Å². The summed E-state index contributed by atoms with van der Waals surface area (Å²) in [5, 5.41) is 8.70. The first kappa shape index (κ1) is 9.08. The third-order valence-electron chi connectivity index (χ3n) is 1.77. The van der Waals surface area contributed by atoms with Crippen LogP contribution in [0.15, 0.2) is 11.3 Å². The molecule has 12 heavy (non-hydrogen) atoms. The van der Waals surface area contributed by atoms with Crippen LogP contribution in [0.2, 0.25) is 0 Å². The molecule has 1 N–H and O–H groups in total. The molecule has 0 spiro atoms. The van der Waals surface area contributed by atoms with Crippen LogP contribution in [0.1, 0.15) is 33.1 Å². The van der Waals surface area contributed by atoms with Crippen molar-refractivity contribution in [2.24, 2.45) is 0 Å². The summed E-state index contributed by atoms with van der Waals surface area (Å²) in [5.41, 5.74) is 4.65. The highest BCUT2D eigenvalue weighted by atomic mass is 16.7. The lowest BCUT2D eigenvalue weighted by atomic mass is 10.2. The highest BCUT2D eigenvalue weighted by Crippen LogP contribution is 2.23. The predicted molar refractivity (Wildman–Crippen MR) is 45.8 cm³/mol. The first-order valence-electron chi connectivity index (χ1n) is 4.28. The van der Waals surface area contributed by atoms with Crippen LogP contribution >= 0.6 is 0 Å². The Bertz CT molecular complexity index is 225. The molecule has 66 valence electrons. The Morgan fingerprint density at radius 3 is 2.83 bits per heavy atom. The summed E-state index contributed by atoms with van der Waals surface area (Å²) in [6, 6.07) is 2.17. The summed E-state index contributed by atoms with van der Waals surface area (Å²) in [7, 11) is 0. The Hall–Kier alpha value is -1.01. The van der Waals surface area contributed by atoms with Gasteiger partial charge >= 0.3 is 0 Å². The van der Waals surface area contributed by atoms with Gasteiger partial charge in [0.1, 0.15) is 0 Å². The van der Waals surface area contributed by atoms with Gasteiger partial charge in [-0.3, -0.25) is 10.3 Å². The number of hydrogen-bond acceptors (Lipinski definition) is 3. The fourth-order valence-corrected chi connectivity index (χ4v) is 1.17. The second-order valence-electron chi connectivity index (χ2n) is 3.19. The van der Waals surface area contributed by atoms with Crippen LogP contribution < -0.4 is 5.48 Å². The maximum absolute atomic E-state index is 8.70. The molecule has 0 aromatic heterocycles. The summed E-state index contributed by atoms with van der Waals surface area (Å²) >= 11 is 0. The van der Waals surface area contributed by atoms with Crippen LogP contribution in [0.3, 0.4) is 0 Å². The van der Waals surface area contributed by atoms with Gasteiger partial charge in [0.15, 0.2) is 0 Å². The van der Waals surface area contributed by atoms with Crippen molar-refractivity contribution in [2.75, 3.05) is 0 Å². The molecule has 0 saturated heterocycles. The molecule has 0 heterocycles. The van der Waals surface area contributed by atoms with E-state index in [0.717, 1.165) is 30.5 Å². The van der Waals surface area contributed by atoms with Crippen LogP contribution in [-0.4, -0.2) is 6.10 Å². The molecule has 3 nitrogen and oxygen atoms in total. The summed E-state index contributed by atoms with van der Waals surface area (Å²) < 4.78 is 0. The smallest absolute Gasteiger partial charge is 0.0966 e. The molecule has 0 radical (unpaired) electrons. The van der Waals surface area contributed by atoms with E-state index >= 15 is 0 Å². The van der Waals surface area contributed by atoms with Crippen molar-refractivity contribution in [1.82, 2.24) is 5.48 Å². The molecular formula is C9H14N2O. The third kappa shape index (κ3) is 2.24. The molecule has 0 aliphatic heterocycles. The minimum Gasteiger partial charge on any atom is -0.274 e. The van der Waals surface area contributed by atoms with E-state index in [2.05, 4.69) is 11.5 Å². The Morgan fingerprint density at radius 1 is 1.50 bits per heavy atom. The summed E-state index contributed by atoms with van der Waals surface area (Å²) in [4.78, 5) is 5.20. The molecular weight excluding hydrogens is 152 g/mol. The van der Waals surface area contributed by atoms with Gasteiger partial charge in [-0.15, -0.1) is 0 Å². The largest absolute Gasteiger partial charge is 0.274 e. The number of allylic oxidation sites excluding steroid dienone is 2. The first-order valence-corrected chi connectivity index (χ1v) is 4.28. The van der Waals surface area contributed by atoms with Gasteiger partial charge in [0.05, 0.1) is 23.4 Å². The molecule has 3 heteroatoms. The molecule has 0 fully saturated rings. The lowest BCUT2D eigenvalue weighted by Crippen LogP contribution is -2.18. The van der Waals surface area contributed by atoms with Crippen molar-refractivity contribution in [3.8, 4) is 6.07 Å². The quantitative estimate of drug-likeness (QED) is 0.651. The number of nitriles is 1. The average Bonchev–Trinajstić information content (AvgIpc) is 2.47. The normalized spacial score (nSPS) is 16.8. The lowest BCUT2D eigenvalue weighted by Gasteiger charge is -2.10. The topological polar surface area (TPSA) is 45.0 Å². The second kappa shape index (κ2) is 4.13. The molecule has 0 aromatic rings. The van der Waals surface area contributed by atoms with Crippen LogP contribution in [0.25, 0.3) is 0 Å². The monoisotopic (exact) mass is 166 g/mol. The predicted octanol–water partition coefficient (Wildman–Crippen LogP) is 1.88.